The molecule has 0 spiro atoms. The Labute approximate surface area is 117 Å². The van der Waals surface area contributed by atoms with Crippen LogP contribution >= 0.6 is 11.3 Å². The highest BCUT2D eigenvalue weighted by Crippen LogP contribution is 2.31. The highest BCUT2D eigenvalue weighted by Gasteiger charge is 2.26. The van der Waals surface area contributed by atoms with Crippen LogP contribution in [0, 0.1) is 0 Å². The average Bonchev–Trinajstić information content (AvgIpc) is 2.78. The maximum absolute atomic E-state index is 11.3. The molecule has 1 atom stereocenters. The van der Waals surface area contributed by atoms with Crippen LogP contribution in [0.2, 0.25) is 0 Å². The molecule has 1 aliphatic rings. The van der Waals surface area contributed by atoms with Gasteiger partial charge >= 0.3 is 5.97 Å². The Morgan fingerprint density at radius 1 is 1.47 bits per heavy atom. The van der Waals surface area contributed by atoms with Crippen LogP contribution in [-0.2, 0) is 0 Å². The number of nitrogens with zero attached hydrogens (tertiary/aromatic N) is 3. The number of rotatable bonds is 3. The summed E-state index contributed by atoms with van der Waals surface area (Å²) in [5.41, 5.74) is 0.707. The maximum atomic E-state index is 11.3. The SMILES string of the molecule is CC(C)c1nc(N2CCN(C)C(C)C2)sc1C(=O)O. The standard InChI is InChI=1S/C13H21N3O2S/c1-8(2)10-11(12(17)18)19-13(14-10)16-6-5-15(4)9(3)7-16/h8-9H,5-7H2,1-4H3,(H,17,18). The summed E-state index contributed by atoms with van der Waals surface area (Å²) in [4.78, 5) is 20.7. The molecule has 0 amide bonds. The van der Waals surface area contributed by atoms with Gasteiger partial charge in [-0.1, -0.05) is 25.2 Å². The Hall–Kier alpha value is -1.14. The van der Waals surface area contributed by atoms with Crippen LogP contribution in [0.3, 0.4) is 0 Å². The van der Waals surface area contributed by atoms with Crippen molar-refractivity contribution in [3.8, 4) is 0 Å². The van der Waals surface area contributed by atoms with E-state index in [-0.39, 0.29) is 5.92 Å². The topological polar surface area (TPSA) is 56.7 Å². The van der Waals surface area contributed by atoms with Gasteiger partial charge < -0.3 is 14.9 Å². The van der Waals surface area contributed by atoms with Gasteiger partial charge in [0, 0.05) is 25.7 Å². The number of aromatic nitrogens is 1. The van der Waals surface area contributed by atoms with Gasteiger partial charge in [-0.3, -0.25) is 0 Å². The number of likely N-dealkylation sites (N-methyl/N-ethyl adjacent to an activating group) is 1. The van der Waals surface area contributed by atoms with E-state index in [1.165, 1.54) is 11.3 Å². The zero-order valence-corrected chi connectivity index (χ0v) is 12.7. The average molecular weight is 283 g/mol. The van der Waals surface area contributed by atoms with Crippen molar-refractivity contribution in [1.82, 2.24) is 9.88 Å². The lowest BCUT2D eigenvalue weighted by Gasteiger charge is -2.37. The first kappa shape index (κ1) is 14.3. The van der Waals surface area contributed by atoms with Crippen molar-refractivity contribution < 1.29 is 9.90 Å². The van der Waals surface area contributed by atoms with Gasteiger partial charge in [0.2, 0.25) is 0 Å². The molecule has 0 saturated carbocycles. The normalized spacial score (nSPS) is 21.1. The van der Waals surface area contributed by atoms with E-state index >= 15 is 0 Å². The van der Waals surface area contributed by atoms with E-state index in [0.29, 0.717) is 16.6 Å². The zero-order chi connectivity index (χ0) is 14.2. The Morgan fingerprint density at radius 3 is 2.63 bits per heavy atom. The fraction of sp³-hybridized carbons (Fsp3) is 0.692. The monoisotopic (exact) mass is 283 g/mol. The number of hydrogen-bond acceptors (Lipinski definition) is 5. The van der Waals surface area contributed by atoms with Gasteiger partial charge in [-0.05, 0) is 19.9 Å². The van der Waals surface area contributed by atoms with E-state index in [0.717, 1.165) is 24.8 Å². The quantitative estimate of drug-likeness (QED) is 0.920. The van der Waals surface area contributed by atoms with E-state index in [2.05, 4.69) is 28.8 Å². The molecule has 19 heavy (non-hydrogen) atoms. The predicted molar refractivity (Wildman–Crippen MR) is 77.5 cm³/mol. The molecule has 5 nitrogen and oxygen atoms in total. The molecular formula is C13H21N3O2S. The molecule has 0 aliphatic carbocycles. The van der Waals surface area contributed by atoms with E-state index in [4.69, 9.17) is 0 Å². The van der Waals surface area contributed by atoms with Crippen LogP contribution in [0.4, 0.5) is 5.13 Å². The van der Waals surface area contributed by atoms with E-state index in [9.17, 15) is 9.90 Å². The van der Waals surface area contributed by atoms with Crippen LogP contribution in [0.5, 0.6) is 0 Å². The third-order valence-electron chi connectivity index (χ3n) is 3.61. The summed E-state index contributed by atoms with van der Waals surface area (Å²) in [6.07, 6.45) is 0. The maximum Gasteiger partial charge on any atom is 0.347 e. The minimum atomic E-state index is -0.866. The van der Waals surface area contributed by atoms with Gasteiger partial charge in [0.25, 0.3) is 0 Å². The number of carboxylic acids is 1. The van der Waals surface area contributed by atoms with Crippen LogP contribution in [0.1, 0.15) is 42.1 Å². The number of carboxylic acid groups (broad SMARTS) is 1. The molecule has 6 heteroatoms. The summed E-state index contributed by atoms with van der Waals surface area (Å²) in [6, 6.07) is 0.466. The summed E-state index contributed by atoms with van der Waals surface area (Å²) >= 11 is 1.30. The van der Waals surface area contributed by atoms with Crippen molar-refractivity contribution in [3.63, 3.8) is 0 Å². The first-order valence-electron chi connectivity index (χ1n) is 6.59. The highest BCUT2D eigenvalue weighted by molar-refractivity contribution is 7.17. The van der Waals surface area contributed by atoms with Gasteiger partial charge in [-0.2, -0.15) is 0 Å². The first-order chi connectivity index (χ1) is 8.90. The molecule has 0 aromatic carbocycles. The third-order valence-corrected chi connectivity index (χ3v) is 4.73. The Morgan fingerprint density at radius 2 is 2.16 bits per heavy atom. The van der Waals surface area contributed by atoms with Crippen molar-refractivity contribution in [2.24, 2.45) is 0 Å². The molecule has 1 aliphatic heterocycles. The van der Waals surface area contributed by atoms with E-state index < -0.39 is 5.97 Å². The molecule has 1 N–H and O–H groups in total. The Kier molecular flexibility index (Phi) is 4.10. The van der Waals surface area contributed by atoms with Crippen LogP contribution in [-0.4, -0.2) is 53.7 Å². The van der Waals surface area contributed by atoms with Gasteiger partial charge in [0.05, 0.1) is 5.69 Å². The second-order valence-corrected chi connectivity index (χ2v) is 6.42. The molecule has 1 aromatic heterocycles. The first-order valence-corrected chi connectivity index (χ1v) is 7.41. The molecule has 0 bridgehead atoms. The minimum absolute atomic E-state index is 0.140. The molecule has 1 unspecified atom stereocenters. The fourth-order valence-corrected chi connectivity index (χ4v) is 3.32. The second-order valence-electron chi connectivity index (χ2n) is 5.45. The molecule has 0 radical (unpaired) electrons. The van der Waals surface area contributed by atoms with E-state index in [1.807, 2.05) is 13.8 Å². The summed E-state index contributed by atoms with van der Waals surface area (Å²) in [7, 11) is 2.12. The van der Waals surface area contributed by atoms with Crippen molar-refractivity contribution in [2.45, 2.75) is 32.7 Å². The summed E-state index contributed by atoms with van der Waals surface area (Å²) in [6.45, 7) is 8.95. The summed E-state index contributed by atoms with van der Waals surface area (Å²) in [5.74, 6) is -0.726. The van der Waals surface area contributed by atoms with E-state index in [1.54, 1.807) is 0 Å². The molecular weight excluding hydrogens is 262 g/mol. The third kappa shape index (κ3) is 2.90. The lowest BCUT2D eigenvalue weighted by molar-refractivity contribution is 0.0700. The van der Waals surface area contributed by atoms with Crippen LogP contribution < -0.4 is 4.90 Å². The Bertz CT molecular complexity index is 472. The van der Waals surface area contributed by atoms with Crippen molar-refractivity contribution in [2.75, 3.05) is 31.6 Å². The van der Waals surface area contributed by atoms with Crippen molar-refractivity contribution in [3.05, 3.63) is 10.6 Å². The zero-order valence-electron chi connectivity index (χ0n) is 11.9. The molecule has 1 fully saturated rings. The van der Waals surface area contributed by atoms with Gasteiger partial charge in [0.1, 0.15) is 4.88 Å². The number of carbonyl (C=O) groups is 1. The van der Waals surface area contributed by atoms with Gasteiger partial charge in [-0.15, -0.1) is 0 Å². The molecule has 106 valence electrons. The number of aromatic carboxylic acids is 1. The smallest absolute Gasteiger partial charge is 0.347 e. The number of thiazole rings is 1. The number of piperazine rings is 1. The summed E-state index contributed by atoms with van der Waals surface area (Å²) in [5, 5.41) is 10.1. The summed E-state index contributed by atoms with van der Waals surface area (Å²) < 4.78 is 0. The number of hydrogen-bond donors (Lipinski definition) is 1. The van der Waals surface area contributed by atoms with Crippen molar-refractivity contribution >= 4 is 22.4 Å². The largest absolute Gasteiger partial charge is 0.477 e. The van der Waals surface area contributed by atoms with Crippen LogP contribution in [0.25, 0.3) is 0 Å². The molecule has 2 heterocycles. The van der Waals surface area contributed by atoms with Crippen LogP contribution in [0.15, 0.2) is 0 Å². The lowest BCUT2D eigenvalue weighted by atomic mass is 10.1. The molecule has 2 rings (SSSR count). The highest BCUT2D eigenvalue weighted by atomic mass is 32.1. The number of anilines is 1. The lowest BCUT2D eigenvalue weighted by Crippen LogP contribution is -2.50. The Balaban J connectivity index is 2.26. The fourth-order valence-electron chi connectivity index (χ4n) is 2.22. The molecule has 1 saturated heterocycles. The van der Waals surface area contributed by atoms with Gasteiger partial charge in [0.15, 0.2) is 5.13 Å². The minimum Gasteiger partial charge on any atom is -0.477 e. The second kappa shape index (κ2) is 5.46. The van der Waals surface area contributed by atoms with Crippen molar-refractivity contribution in [1.29, 1.82) is 0 Å². The molecule has 1 aromatic rings. The predicted octanol–water partition coefficient (Wildman–Crippen LogP) is 2.10. The van der Waals surface area contributed by atoms with Gasteiger partial charge in [-0.25, -0.2) is 9.78 Å².